The first kappa shape index (κ1) is 20.5. The summed E-state index contributed by atoms with van der Waals surface area (Å²) >= 11 is 0. The monoisotopic (exact) mass is 400 g/mol. The zero-order valence-corrected chi connectivity index (χ0v) is 15.5. The molecule has 0 spiro atoms. The highest BCUT2D eigenvalue weighted by Gasteiger charge is 2.12. The van der Waals surface area contributed by atoms with Crippen LogP contribution in [-0.4, -0.2) is 23.7 Å². The first-order valence-corrected chi connectivity index (χ1v) is 8.74. The van der Waals surface area contributed by atoms with Crippen LogP contribution in [0.5, 0.6) is 0 Å². The van der Waals surface area contributed by atoms with Gasteiger partial charge in [0.1, 0.15) is 11.6 Å². The Morgan fingerprint density at radius 3 is 2.17 bits per heavy atom. The molecule has 0 saturated carbocycles. The number of hydrogen-bond donors (Lipinski definition) is 0. The molecule has 0 aliphatic rings. The molecular weight excluding hydrogens is 384 g/mol. The Hall–Kier alpha value is -3.24. The maximum absolute atomic E-state index is 14.4. The van der Waals surface area contributed by atoms with Crippen LogP contribution in [0.15, 0.2) is 42.7 Å². The minimum absolute atomic E-state index is 0.0965. The Morgan fingerprint density at radius 2 is 1.55 bits per heavy atom. The Bertz CT molecular complexity index is 1050. The van der Waals surface area contributed by atoms with Gasteiger partial charge in [0.25, 0.3) is 0 Å². The minimum atomic E-state index is -1.09. The van der Waals surface area contributed by atoms with Crippen molar-refractivity contribution in [3.8, 4) is 23.2 Å². The molecule has 7 heteroatoms. The summed E-state index contributed by atoms with van der Waals surface area (Å²) in [4.78, 5) is 8.31. The van der Waals surface area contributed by atoms with Crippen molar-refractivity contribution in [1.82, 2.24) is 9.97 Å². The maximum atomic E-state index is 14.4. The van der Waals surface area contributed by atoms with Crippen molar-refractivity contribution in [2.45, 2.75) is 12.8 Å². The molecule has 0 unspecified atom stereocenters. The third kappa shape index (κ3) is 5.18. The molecule has 0 N–H and O–H groups in total. The molecule has 2 aromatic carbocycles. The van der Waals surface area contributed by atoms with Gasteiger partial charge in [0.15, 0.2) is 17.5 Å². The van der Waals surface area contributed by atoms with Gasteiger partial charge in [0.05, 0.1) is 5.56 Å². The van der Waals surface area contributed by atoms with Gasteiger partial charge in [-0.25, -0.2) is 27.5 Å². The SMILES string of the molecule is COCCCc1cnc(-c2cc(F)c(C#Cc3ccc(F)c(F)c3)c(F)c2)nc1. The average Bonchev–Trinajstić information content (AvgIpc) is 2.70. The second kappa shape index (κ2) is 9.30. The fourth-order valence-electron chi connectivity index (χ4n) is 2.58. The molecule has 3 rings (SSSR count). The molecule has 1 aromatic heterocycles. The molecule has 0 aliphatic heterocycles. The van der Waals surface area contributed by atoms with Crippen LogP contribution in [0.25, 0.3) is 11.4 Å². The van der Waals surface area contributed by atoms with E-state index in [0.29, 0.717) is 6.61 Å². The topological polar surface area (TPSA) is 35.0 Å². The fraction of sp³-hybridized carbons (Fsp3) is 0.182. The highest BCUT2D eigenvalue weighted by molar-refractivity contribution is 5.58. The van der Waals surface area contributed by atoms with Gasteiger partial charge in [-0.1, -0.05) is 11.8 Å². The van der Waals surface area contributed by atoms with Crippen LogP contribution in [0, 0.1) is 35.1 Å². The molecule has 3 nitrogen and oxygen atoms in total. The van der Waals surface area contributed by atoms with E-state index in [-0.39, 0.29) is 17.0 Å². The van der Waals surface area contributed by atoms with Gasteiger partial charge in [0, 0.05) is 37.2 Å². The number of ether oxygens (including phenoxy) is 1. The van der Waals surface area contributed by atoms with Gasteiger partial charge < -0.3 is 4.74 Å². The van der Waals surface area contributed by atoms with E-state index in [1.807, 2.05) is 0 Å². The van der Waals surface area contributed by atoms with Gasteiger partial charge in [-0.3, -0.25) is 0 Å². The van der Waals surface area contributed by atoms with Crippen LogP contribution in [0.1, 0.15) is 23.1 Å². The summed E-state index contributed by atoms with van der Waals surface area (Å²) in [6, 6.07) is 5.13. The van der Waals surface area contributed by atoms with Gasteiger partial charge in [-0.15, -0.1) is 0 Å². The van der Waals surface area contributed by atoms with Crippen molar-refractivity contribution in [2.24, 2.45) is 0 Å². The van der Waals surface area contributed by atoms with Crippen LogP contribution in [0.4, 0.5) is 17.6 Å². The summed E-state index contributed by atoms with van der Waals surface area (Å²) < 4.78 is 59.9. The van der Waals surface area contributed by atoms with Crippen LogP contribution in [0.3, 0.4) is 0 Å². The molecule has 148 valence electrons. The average molecular weight is 400 g/mol. The Labute approximate surface area is 165 Å². The highest BCUT2D eigenvalue weighted by Crippen LogP contribution is 2.22. The Morgan fingerprint density at radius 1 is 0.862 bits per heavy atom. The number of rotatable bonds is 5. The molecule has 0 aliphatic carbocycles. The number of hydrogen-bond acceptors (Lipinski definition) is 3. The number of aromatic nitrogens is 2. The largest absolute Gasteiger partial charge is 0.385 e. The van der Waals surface area contributed by atoms with Crippen LogP contribution < -0.4 is 0 Å². The number of halogens is 4. The number of methoxy groups -OCH3 is 1. The van der Waals surface area contributed by atoms with Crippen molar-refractivity contribution in [1.29, 1.82) is 0 Å². The molecule has 0 atom stereocenters. The number of benzene rings is 2. The van der Waals surface area contributed by atoms with Crippen molar-refractivity contribution >= 4 is 0 Å². The number of nitrogens with zero attached hydrogens (tertiary/aromatic N) is 2. The first-order valence-electron chi connectivity index (χ1n) is 8.74. The van der Waals surface area contributed by atoms with Gasteiger partial charge >= 0.3 is 0 Å². The zero-order valence-electron chi connectivity index (χ0n) is 15.5. The predicted octanol–water partition coefficient (Wildman–Crippen LogP) is 4.68. The minimum Gasteiger partial charge on any atom is -0.385 e. The molecule has 3 aromatic rings. The quantitative estimate of drug-likeness (QED) is 0.354. The fourth-order valence-corrected chi connectivity index (χ4v) is 2.58. The summed E-state index contributed by atoms with van der Waals surface area (Å²) in [5.41, 5.74) is 0.677. The second-order valence-corrected chi connectivity index (χ2v) is 6.21. The smallest absolute Gasteiger partial charge is 0.160 e. The van der Waals surface area contributed by atoms with E-state index in [0.717, 1.165) is 42.7 Å². The maximum Gasteiger partial charge on any atom is 0.160 e. The van der Waals surface area contributed by atoms with Crippen molar-refractivity contribution in [2.75, 3.05) is 13.7 Å². The van der Waals surface area contributed by atoms with Crippen molar-refractivity contribution in [3.63, 3.8) is 0 Å². The van der Waals surface area contributed by atoms with Crippen molar-refractivity contribution in [3.05, 3.63) is 82.7 Å². The van der Waals surface area contributed by atoms with E-state index in [1.54, 1.807) is 19.5 Å². The summed E-state index contributed by atoms with van der Waals surface area (Å²) in [5, 5.41) is 0. The summed E-state index contributed by atoms with van der Waals surface area (Å²) in [7, 11) is 1.62. The normalized spacial score (nSPS) is 10.5. The van der Waals surface area contributed by atoms with Crippen molar-refractivity contribution < 1.29 is 22.3 Å². The molecule has 0 saturated heterocycles. The standard InChI is InChI=1S/C22H16F4N2O/c1-29-8-2-3-15-12-27-22(28-13-15)16-10-19(24)17(20(25)11-16)6-4-14-5-7-18(23)21(26)9-14/h5,7,9-13H,2-3,8H2,1H3. The Balaban J connectivity index is 1.82. The molecule has 0 radical (unpaired) electrons. The van der Waals surface area contributed by atoms with E-state index in [9.17, 15) is 17.6 Å². The van der Waals surface area contributed by atoms with Gasteiger partial charge in [0.2, 0.25) is 0 Å². The number of aryl methyl sites for hydroxylation is 1. The van der Waals surface area contributed by atoms with E-state index in [2.05, 4.69) is 21.8 Å². The van der Waals surface area contributed by atoms with E-state index < -0.39 is 28.8 Å². The lowest BCUT2D eigenvalue weighted by Gasteiger charge is -2.05. The summed E-state index contributed by atoms with van der Waals surface area (Å²) in [5.74, 6) is 1.01. The molecule has 0 amide bonds. The van der Waals surface area contributed by atoms with Crippen LogP contribution in [-0.2, 0) is 11.2 Å². The molecular formula is C22H16F4N2O. The lowest BCUT2D eigenvalue weighted by molar-refractivity contribution is 0.195. The third-order valence-electron chi connectivity index (χ3n) is 4.07. The zero-order chi connectivity index (χ0) is 20.8. The summed E-state index contributed by atoms with van der Waals surface area (Å²) in [6.45, 7) is 0.616. The molecule has 0 fully saturated rings. The molecule has 29 heavy (non-hydrogen) atoms. The molecule has 0 bridgehead atoms. The molecule has 1 heterocycles. The first-order chi connectivity index (χ1) is 14.0. The third-order valence-corrected chi connectivity index (χ3v) is 4.07. The van der Waals surface area contributed by atoms with Crippen LogP contribution in [0.2, 0.25) is 0 Å². The lowest BCUT2D eigenvalue weighted by Crippen LogP contribution is -1.98. The van der Waals surface area contributed by atoms with E-state index >= 15 is 0 Å². The highest BCUT2D eigenvalue weighted by atomic mass is 19.2. The second-order valence-electron chi connectivity index (χ2n) is 6.21. The van der Waals surface area contributed by atoms with Gasteiger partial charge in [-0.2, -0.15) is 0 Å². The van der Waals surface area contributed by atoms with Gasteiger partial charge in [-0.05, 0) is 48.7 Å². The summed E-state index contributed by atoms with van der Waals surface area (Å²) in [6.07, 6.45) is 4.75. The lowest BCUT2D eigenvalue weighted by atomic mass is 10.1. The van der Waals surface area contributed by atoms with E-state index in [4.69, 9.17) is 4.74 Å². The Kier molecular flexibility index (Phi) is 6.57. The predicted molar refractivity (Wildman–Crippen MR) is 99.9 cm³/mol. The van der Waals surface area contributed by atoms with E-state index in [1.165, 1.54) is 6.07 Å². The van der Waals surface area contributed by atoms with Crippen LogP contribution >= 0.6 is 0 Å².